The maximum Gasteiger partial charge on any atom is 0.313 e. The SMILES string of the molecule is COC[C@H]1NC(=O)CC/C=C\[C@H]2O[C@]34C=CCN(C(C)(C)CC(C)(C)C)C(=O)[C@H]3N([C@H](CO)c3ccccc3)C(=O)[C@@H]4[C@H]2C(=O)O[C@@H]1c1ccccc1. The van der Waals surface area contributed by atoms with E-state index in [2.05, 4.69) is 26.1 Å². The van der Waals surface area contributed by atoms with Crippen LogP contribution in [0.5, 0.6) is 0 Å². The Morgan fingerprint density at radius 3 is 2.28 bits per heavy atom. The molecule has 0 bridgehead atoms. The fourth-order valence-electron chi connectivity index (χ4n) is 9.13. The molecule has 2 saturated heterocycles. The van der Waals surface area contributed by atoms with E-state index in [-0.39, 0.29) is 36.8 Å². The molecule has 0 saturated carbocycles. The number of aliphatic hydroxyl groups is 1. The number of benzene rings is 2. The van der Waals surface area contributed by atoms with Gasteiger partial charge in [0, 0.05) is 25.6 Å². The molecule has 0 radical (unpaired) electrons. The number of fused-ring (bicyclic) bond motifs is 2. The number of hydrogen-bond acceptors (Lipinski definition) is 8. The number of esters is 1. The Hall–Kier alpha value is -4.32. The van der Waals surface area contributed by atoms with Gasteiger partial charge in [0.25, 0.3) is 0 Å². The molecule has 4 heterocycles. The maximum atomic E-state index is 15.3. The second kappa shape index (κ2) is 15.2. The predicted octanol–water partition coefficient (Wildman–Crippen LogP) is 4.68. The monoisotopic (exact) mass is 727 g/mol. The van der Waals surface area contributed by atoms with Gasteiger partial charge in [-0.3, -0.25) is 19.2 Å². The molecule has 2 fully saturated rings. The quantitative estimate of drug-likeness (QED) is 0.296. The molecule has 4 aliphatic heterocycles. The van der Waals surface area contributed by atoms with E-state index in [1.54, 1.807) is 23.1 Å². The van der Waals surface area contributed by atoms with Gasteiger partial charge in [0.05, 0.1) is 37.3 Å². The molecule has 2 aromatic carbocycles. The molecule has 6 rings (SSSR count). The van der Waals surface area contributed by atoms with Gasteiger partial charge >= 0.3 is 5.97 Å². The number of likely N-dealkylation sites (tertiary alicyclic amines) is 1. The molecular weight excluding hydrogens is 674 g/mol. The Morgan fingerprint density at radius 2 is 1.64 bits per heavy atom. The predicted molar refractivity (Wildman–Crippen MR) is 198 cm³/mol. The molecule has 0 aromatic heterocycles. The minimum atomic E-state index is -1.57. The van der Waals surface area contributed by atoms with Crippen LogP contribution in [-0.2, 0) is 33.4 Å². The van der Waals surface area contributed by atoms with Crippen LogP contribution >= 0.6 is 0 Å². The first-order valence-electron chi connectivity index (χ1n) is 18.6. The van der Waals surface area contributed by atoms with Gasteiger partial charge in [-0.25, -0.2) is 0 Å². The van der Waals surface area contributed by atoms with Crippen molar-refractivity contribution < 1.29 is 38.5 Å². The third-order valence-corrected chi connectivity index (χ3v) is 10.9. The fraction of sp³-hybridized carbons (Fsp3) is 0.524. The number of nitrogens with one attached hydrogen (secondary N) is 1. The van der Waals surface area contributed by atoms with Gasteiger partial charge in [-0.1, -0.05) is 106 Å². The van der Waals surface area contributed by atoms with Crippen LogP contribution < -0.4 is 5.32 Å². The summed E-state index contributed by atoms with van der Waals surface area (Å²) in [6.45, 7) is 10.3. The first kappa shape index (κ1) is 38.4. The average molecular weight is 728 g/mol. The standard InChI is InChI=1S/C42H53N3O8/c1-40(2,3)26-41(4,5)44-23-15-22-42-34(37(48)45(36(42)38(44)49)30(24-46)27-16-9-7-10-17-27)33-31(53-42)20-13-14-21-32(47)43-29(25-51-6)35(52-39(33)50)28-18-11-8-12-19-28/h7-13,15-20,22,29-31,33-36,46H,14,21,23-26H2,1-6H3,(H,43,47)/b20-13-/t29-,30-,31-,33+,34+,35-,36-,42+/m1/s1. The number of hydrogen-bond donors (Lipinski definition) is 2. The number of carbonyl (C=O) groups is 4. The summed E-state index contributed by atoms with van der Waals surface area (Å²) < 4.78 is 18.8. The van der Waals surface area contributed by atoms with Crippen molar-refractivity contribution >= 4 is 23.7 Å². The van der Waals surface area contributed by atoms with Crippen LogP contribution in [0.25, 0.3) is 0 Å². The number of cyclic esters (lactones) is 1. The zero-order valence-corrected chi connectivity index (χ0v) is 31.6. The third kappa shape index (κ3) is 7.43. The van der Waals surface area contributed by atoms with Crippen molar-refractivity contribution in [3.8, 4) is 0 Å². The Morgan fingerprint density at radius 1 is 0.962 bits per heavy atom. The zero-order valence-electron chi connectivity index (χ0n) is 31.6. The van der Waals surface area contributed by atoms with E-state index in [0.29, 0.717) is 24.0 Å². The number of nitrogens with zero attached hydrogens (tertiary/aromatic N) is 2. The third-order valence-electron chi connectivity index (χ3n) is 10.9. The minimum Gasteiger partial charge on any atom is -0.455 e. The Bertz CT molecular complexity index is 1720. The van der Waals surface area contributed by atoms with E-state index < -0.39 is 71.8 Å². The summed E-state index contributed by atoms with van der Waals surface area (Å²) in [5.41, 5.74) is -1.01. The number of carbonyl (C=O) groups excluding carboxylic acids is 4. The smallest absolute Gasteiger partial charge is 0.313 e. The van der Waals surface area contributed by atoms with Crippen molar-refractivity contribution in [3.05, 3.63) is 96.1 Å². The van der Waals surface area contributed by atoms with Crippen molar-refractivity contribution in [3.63, 3.8) is 0 Å². The van der Waals surface area contributed by atoms with Gasteiger partial charge in [-0.15, -0.1) is 0 Å². The van der Waals surface area contributed by atoms with Crippen molar-refractivity contribution in [1.29, 1.82) is 0 Å². The van der Waals surface area contributed by atoms with Crippen molar-refractivity contribution in [1.82, 2.24) is 15.1 Å². The van der Waals surface area contributed by atoms with Gasteiger partial charge in [-0.05, 0) is 43.2 Å². The summed E-state index contributed by atoms with van der Waals surface area (Å²) in [6.07, 6.45) is 6.46. The topological polar surface area (TPSA) is 135 Å². The molecule has 0 unspecified atom stereocenters. The van der Waals surface area contributed by atoms with E-state index in [9.17, 15) is 14.7 Å². The number of methoxy groups -OCH3 is 1. The van der Waals surface area contributed by atoms with Crippen molar-refractivity contribution in [2.75, 3.05) is 26.9 Å². The van der Waals surface area contributed by atoms with E-state index in [1.807, 2.05) is 80.6 Å². The van der Waals surface area contributed by atoms with Gasteiger partial charge in [0.1, 0.15) is 23.7 Å². The Kier molecular flexibility index (Phi) is 11.0. The number of rotatable bonds is 8. The van der Waals surface area contributed by atoms with E-state index in [0.717, 1.165) is 0 Å². The molecule has 0 aliphatic carbocycles. The summed E-state index contributed by atoms with van der Waals surface area (Å²) in [6, 6.07) is 15.4. The van der Waals surface area contributed by atoms with Gasteiger partial charge < -0.3 is 34.4 Å². The van der Waals surface area contributed by atoms with Gasteiger partial charge in [0.15, 0.2) is 0 Å². The van der Waals surface area contributed by atoms with E-state index in [4.69, 9.17) is 14.2 Å². The molecule has 11 nitrogen and oxygen atoms in total. The largest absolute Gasteiger partial charge is 0.455 e. The van der Waals surface area contributed by atoms with Crippen LogP contribution in [0.1, 0.15) is 77.2 Å². The average Bonchev–Trinajstić information content (AvgIpc) is 3.49. The molecule has 2 N–H and O–H groups in total. The molecule has 53 heavy (non-hydrogen) atoms. The highest BCUT2D eigenvalue weighted by Crippen LogP contribution is 2.55. The summed E-state index contributed by atoms with van der Waals surface area (Å²) in [7, 11) is 1.51. The minimum absolute atomic E-state index is 0.0633. The van der Waals surface area contributed by atoms with Gasteiger partial charge in [-0.2, -0.15) is 0 Å². The fourth-order valence-corrected chi connectivity index (χ4v) is 9.13. The van der Waals surface area contributed by atoms with Crippen LogP contribution in [0, 0.1) is 17.3 Å². The lowest BCUT2D eigenvalue weighted by molar-refractivity contribution is -0.163. The van der Waals surface area contributed by atoms with E-state index in [1.165, 1.54) is 12.0 Å². The van der Waals surface area contributed by atoms with Crippen molar-refractivity contribution in [2.24, 2.45) is 17.3 Å². The Labute approximate surface area is 312 Å². The highest BCUT2D eigenvalue weighted by Gasteiger charge is 2.73. The number of allylic oxidation sites excluding steroid dienone is 1. The molecule has 11 heteroatoms. The zero-order chi connectivity index (χ0) is 38.1. The first-order chi connectivity index (χ1) is 25.2. The number of aliphatic hydroxyl groups excluding tert-OH is 1. The molecule has 8 atom stereocenters. The summed E-state index contributed by atoms with van der Waals surface area (Å²) in [4.78, 5) is 61.6. The molecule has 4 aliphatic rings. The summed E-state index contributed by atoms with van der Waals surface area (Å²) >= 11 is 0. The van der Waals surface area contributed by atoms with Crippen LogP contribution in [0.4, 0.5) is 0 Å². The van der Waals surface area contributed by atoms with E-state index >= 15 is 9.59 Å². The highest BCUT2D eigenvalue weighted by molar-refractivity contribution is 5.99. The van der Waals surface area contributed by atoms with Gasteiger partial charge in [0.2, 0.25) is 17.7 Å². The van der Waals surface area contributed by atoms with Crippen molar-refractivity contribution in [2.45, 2.75) is 95.4 Å². The summed E-state index contributed by atoms with van der Waals surface area (Å²) in [5, 5.41) is 14.0. The Balaban J connectivity index is 1.50. The lowest BCUT2D eigenvalue weighted by atomic mass is 9.77. The second-order valence-corrected chi connectivity index (χ2v) is 16.5. The van der Waals surface area contributed by atoms with Crippen LogP contribution in [0.2, 0.25) is 0 Å². The van der Waals surface area contributed by atoms with Crippen LogP contribution in [-0.4, -0.2) is 94.8 Å². The highest BCUT2D eigenvalue weighted by atomic mass is 16.6. The molecular formula is C42H53N3O8. The molecule has 3 amide bonds. The molecule has 1 spiro atoms. The van der Waals surface area contributed by atoms with Crippen LogP contribution in [0.3, 0.4) is 0 Å². The molecule has 284 valence electrons. The number of ether oxygens (including phenoxy) is 3. The normalized spacial score (nSPS) is 30.6. The summed E-state index contributed by atoms with van der Waals surface area (Å²) in [5.74, 6) is -4.04. The number of amides is 3. The first-order valence-corrected chi connectivity index (χ1v) is 18.6. The lowest BCUT2D eigenvalue weighted by Gasteiger charge is -2.45. The maximum absolute atomic E-state index is 15.3. The molecule has 2 aromatic rings. The lowest BCUT2D eigenvalue weighted by Crippen LogP contribution is -2.60. The second-order valence-electron chi connectivity index (χ2n) is 16.5. The van der Waals surface area contributed by atoms with Crippen LogP contribution in [0.15, 0.2) is 85.0 Å².